The van der Waals surface area contributed by atoms with Gasteiger partial charge in [-0.1, -0.05) is 12.1 Å². The molecule has 1 aliphatic heterocycles. The van der Waals surface area contributed by atoms with Gasteiger partial charge in [-0.15, -0.1) is 0 Å². The number of carboxylic acid groups (broad SMARTS) is 1. The highest BCUT2D eigenvalue weighted by molar-refractivity contribution is 6.02. The second-order valence-corrected chi connectivity index (χ2v) is 4.66. The number of carbonyl (C=O) groups is 1. The van der Waals surface area contributed by atoms with Crippen LogP contribution in [0, 0.1) is 0 Å². The Kier molecular flexibility index (Phi) is 1.76. The van der Waals surface area contributed by atoms with Crippen molar-refractivity contribution in [3.05, 3.63) is 34.9 Å². The molecule has 3 nitrogen and oxygen atoms in total. The number of hydrogen-bond acceptors (Lipinski definition) is 2. The standard InChI is InChI=1S/C13H13NO2/c1-8-11-6-10(3-2-9(11)7-14-8)13(4-5-13)12(15)16/h2-3,6H,4-5,7H2,1H3,(H,15,16). The lowest BCUT2D eigenvalue weighted by Crippen LogP contribution is -2.19. The molecule has 0 amide bonds. The SMILES string of the molecule is CC1=NCc2ccc(C3(C(=O)O)CC3)cc21. The minimum atomic E-state index is -0.694. The van der Waals surface area contributed by atoms with E-state index in [2.05, 4.69) is 4.99 Å². The van der Waals surface area contributed by atoms with E-state index < -0.39 is 11.4 Å². The molecule has 16 heavy (non-hydrogen) atoms. The third kappa shape index (κ3) is 1.14. The van der Waals surface area contributed by atoms with Crippen molar-refractivity contribution in [2.24, 2.45) is 4.99 Å². The van der Waals surface area contributed by atoms with E-state index in [-0.39, 0.29) is 0 Å². The van der Waals surface area contributed by atoms with Gasteiger partial charge in [-0.3, -0.25) is 9.79 Å². The second-order valence-electron chi connectivity index (χ2n) is 4.66. The Morgan fingerprint density at radius 1 is 1.44 bits per heavy atom. The average Bonchev–Trinajstić information content (AvgIpc) is 3.01. The average molecular weight is 215 g/mol. The topological polar surface area (TPSA) is 49.7 Å². The molecular formula is C13H13NO2. The van der Waals surface area contributed by atoms with E-state index in [1.165, 1.54) is 5.56 Å². The lowest BCUT2D eigenvalue weighted by Gasteiger charge is -2.11. The molecule has 0 unspecified atom stereocenters. The molecule has 0 saturated heterocycles. The number of fused-ring (bicyclic) bond motifs is 1. The first kappa shape index (κ1) is 9.58. The van der Waals surface area contributed by atoms with Crippen LogP contribution >= 0.6 is 0 Å². The minimum Gasteiger partial charge on any atom is -0.481 e. The van der Waals surface area contributed by atoms with Crippen LogP contribution in [0.25, 0.3) is 0 Å². The Morgan fingerprint density at radius 2 is 2.19 bits per heavy atom. The fourth-order valence-corrected chi connectivity index (χ4v) is 2.39. The molecule has 1 aromatic carbocycles. The van der Waals surface area contributed by atoms with Crippen LogP contribution in [0.2, 0.25) is 0 Å². The van der Waals surface area contributed by atoms with Gasteiger partial charge in [-0.2, -0.15) is 0 Å². The molecule has 1 aliphatic carbocycles. The summed E-state index contributed by atoms with van der Waals surface area (Å²) in [6.45, 7) is 2.72. The summed E-state index contributed by atoms with van der Waals surface area (Å²) in [5.74, 6) is -0.694. The molecule has 1 heterocycles. The molecule has 0 radical (unpaired) electrons. The van der Waals surface area contributed by atoms with Crippen molar-refractivity contribution < 1.29 is 9.90 Å². The first-order chi connectivity index (χ1) is 7.63. The maximum atomic E-state index is 11.2. The van der Waals surface area contributed by atoms with Gasteiger partial charge in [-0.25, -0.2) is 0 Å². The fourth-order valence-electron chi connectivity index (χ4n) is 2.39. The molecule has 1 fully saturated rings. The smallest absolute Gasteiger partial charge is 0.314 e. The molecule has 3 rings (SSSR count). The summed E-state index contributed by atoms with van der Waals surface area (Å²) < 4.78 is 0. The summed E-state index contributed by atoms with van der Waals surface area (Å²) in [5.41, 5.74) is 3.71. The summed E-state index contributed by atoms with van der Waals surface area (Å²) in [6, 6.07) is 5.99. The third-order valence-corrected chi connectivity index (χ3v) is 3.70. The number of hydrogen-bond donors (Lipinski definition) is 1. The number of benzene rings is 1. The predicted molar refractivity (Wildman–Crippen MR) is 60.9 cm³/mol. The lowest BCUT2D eigenvalue weighted by atomic mass is 9.92. The van der Waals surface area contributed by atoms with Gasteiger partial charge in [0.2, 0.25) is 0 Å². The van der Waals surface area contributed by atoms with Crippen molar-refractivity contribution in [1.29, 1.82) is 0 Å². The predicted octanol–water partition coefficient (Wildman–Crippen LogP) is 2.13. The molecule has 0 spiro atoms. The van der Waals surface area contributed by atoms with Crippen molar-refractivity contribution in [1.82, 2.24) is 0 Å². The molecule has 1 saturated carbocycles. The summed E-state index contributed by atoms with van der Waals surface area (Å²) >= 11 is 0. The monoisotopic (exact) mass is 215 g/mol. The van der Waals surface area contributed by atoms with Crippen LogP contribution in [0.1, 0.15) is 36.5 Å². The molecule has 82 valence electrons. The summed E-state index contributed by atoms with van der Waals surface area (Å²) in [7, 11) is 0. The quantitative estimate of drug-likeness (QED) is 0.821. The van der Waals surface area contributed by atoms with Gasteiger partial charge < -0.3 is 5.11 Å². The van der Waals surface area contributed by atoms with E-state index in [0.29, 0.717) is 0 Å². The van der Waals surface area contributed by atoms with Gasteiger partial charge in [0.15, 0.2) is 0 Å². The molecular weight excluding hydrogens is 202 g/mol. The van der Waals surface area contributed by atoms with Crippen molar-refractivity contribution in [2.45, 2.75) is 31.7 Å². The zero-order valence-corrected chi connectivity index (χ0v) is 9.16. The Balaban J connectivity index is 2.08. The maximum absolute atomic E-state index is 11.2. The third-order valence-electron chi connectivity index (χ3n) is 3.70. The summed E-state index contributed by atoms with van der Waals surface area (Å²) in [4.78, 5) is 15.6. The van der Waals surface area contributed by atoms with Crippen LogP contribution in [0.15, 0.2) is 23.2 Å². The molecule has 3 heteroatoms. The number of aliphatic carboxylic acids is 1. The van der Waals surface area contributed by atoms with Gasteiger partial charge in [0, 0.05) is 11.3 Å². The van der Waals surface area contributed by atoms with Crippen LogP contribution in [0.4, 0.5) is 0 Å². The highest BCUT2D eigenvalue weighted by atomic mass is 16.4. The number of rotatable bonds is 2. The fraction of sp³-hybridized carbons (Fsp3) is 0.385. The first-order valence-corrected chi connectivity index (χ1v) is 5.52. The highest BCUT2D eigenvalue weighted by Gasteiger charge is 2.51. The van der Waals surface area contributed by atoms with Gasteiger partial charge in [0.1, 0.15) is 0 Å². The van der Waals surface area contributed by atoms with Crippen LogP contribution in [-0.2, 0) is 16.8 Å². The Hall–Kier alpha value is -1.64. The van der Waals surface area contributed by atoms with Gasteiger partial charge >= 0.3 is 5.97 Å². The van der Waals surface area contributed by atoms with Gasteiger partial charge in [-0.05, 0) is 37.0 Å². The van der Waals surface area contributed by atoms with E-state index in [0.717, 1.165) is 36.2 Å². The largest absolute Gasteiger partial charge is 0.481 e. The highest BCUT2D eigenvalue weighted by Crippen LogP contribution is 2.49. The molecule has 1 N–H and O–H groups in total. The lowest BCUT2D eigenvalue weighted by molar-refractivity contribution is -0.140. The first-order valence-electron chi connectivity index (χ1n) is 5.52. The number of carboxylic acids is 1. The van der Waals surface area contributed by atoms with E-state index >= 15 is 0 Å². The van der Waals surface area contributed by atoms with E-state index in [4.69, 9.17) is 0 Å². The van der Waals surface area contributed by atoms with Crippen molar-refractivity contribution in [3.63, 3.8) is 0 Å². The Bertz CT molecular complexity index is 513. The summed E-state index contributed by atoms with van der Waals surface area (Å²) in [6.07, 6.45) is 1.52. The Labute approximate surface area is 93.8 Å². The maximum Gasteiger partial charge on any atom is 0.314 e. The molecule has 0 bridgehead atoms. The van der Waals surface area contributed by atoms with E-state index in [1.54, 1.807) is 0 Å². The van der Waals surface area contributed by atoms with Gasteiger partial charge in [0.05, 0.1) is 12.0 Å². The second kappa shape index (κ2) is 2.94. The Morgan fingerprint density at radius 3 is 2.81 bits per heavy atom. The molecule has 2 aliphatic rings. The van der Waals surface area contributed by atoms with Gasteiger partial charge in [0.25, 0.3) is 0 Å². The zero-order chi connectivity index (χ0) is 11.3. The molecule has 1 aromatic rings. The number of aliphatic imine (C=N–C) groups is 1. The van der Waals surface area contributed by atoms with Crippen LogP contribution in [0.3, 0.4) is 0 Å². The van der Waals surface area contributed by atoms with E-state index in [1.807, 2.05) is 25.1 Å². The molecule has 0 aromatic heterocycles. The zero-order valence-electron chi connectivity index (χ0n) is 9.16. The van der Waals surface area contributed by atoms with Crippen molar-refractivity contribution in [3.8, 4) is 0 Å². The van der Waals surface area contributed by atoms with Crippen molar-refractivity contribution in [2.75, 3.05) is 0 Å². The summed E-state index contributed by atoms with van der Waals surface area (Å²) in [5, 5.41) is 9.24. The normalized spacial score (nSPS) is 20.2. The van der Waals surface area contributed by atoms with E-state index in [9.17, 15) is 9.90 Å². The number of nitrogens with zero attached hydrogens (tertiary/aromatic N) is 1. The van der Waals surface area contributed by atoms with Crippen LogP contribution in [-0.4, -0.2) is 16.8 Å². The van der Waals surface area contributed by atoms with Crippen molar-refractivity contribution >= 4 is 11.7 Å². The minimum absolute atomic E-state index is 0.599. The molecule has 0 atom stereocenters. The van der Waals surface area contributed by atoms with Crippen LogP contribution in [0.5, 0.6) is 0 Å². The van der Waals surface area contributed by atoms with Crippen LogP contribution < -0.4 is 0 Å².